The molecule has 0 amide bonds. The summed E-state index contributed by atoms with van der Waals surface area (Å²) in [6.45, 7) is 3.99. The molecule has 0 aliphatic rings. The Kier molecular flexibility index (Phi) is 6.32. The Bertz CT molecular complexity index is 597. The fourth-order valence-corrected chi connectivity index (χ4v) is 3.22. The van der Waals surface area contributed by atoms with E-state index >= 15 is 0 Å². The van der Waals surface area contributed by atoms with Crippen molar-refractivity contribution < 1.29 is 23.1 Å². The molecule has 0 bridgehead atoms. The highest BCUT2D eigenvalue weighted by Crippen LogP contribution is 2.17. The van der Waals surface area contributed by atoms with Crippen LogP contribution < -0.4 is 4.72 Å². The molecule has 2 N–H and O–H groups in total. The van der Waals surface area contributed by atoms with Crippen LogP contribution in [-0.2, 0) is 21.2 Å². The molecule has 1 unspecified atom stereocenters. The van der Waals surface area contributed by atoms with E-state index in [-0.39, 0.29) is 16.5 Å². The highest BCUT2D eigenvalue weighted by Gasteiger charge is 2.20. The van der Waals surface area contributed by atoms with Gasteiger partial charge < -0.3 is 9.84 Å². The van der Waals surface area contributed by atoms with Crippen molar-refractivity contribution in [3.05, 3.63) is 29.3 Å². The summed E-state index contributed by atoms with van der Waals surface area (Å²) in [5.74, 6) is -1.13. The van der Waals surface area contributed by atoms with Crippen LogP contribution in [0.5, 0.6) is 0 Å². The first-order chi connectivity index (χ1) is 9.81. The molecule has 21 heavy (non-hydrogen) atoms. The molecule has 6 nitrogen and oxygen atoms in total. The summed E-state index contributed by atoms with van der Waals surface area (Å²) in [5, 5.41) is 9.15. The van der Waals surface area contributed by atoms with Crippen LogP contribution >= 0.6 is 0 Å². The van der Waals surface area contributed by atoms with Gasteiger partial charge in [-0.3, -0.25) is 0 Å². The smallest absolute Gasteiger partial charge is 0.336 e. The van der Waals surface area contributed by atoms with Crippen LogP contribution in [0.25, 0.3) is 0 Å². The SMILES string of the molecule is CCc1ccc(S(=O)(=O)NC(C)CCOC)cc1C(=O)O. The molecule has 1 atom stereocenters. The summed E-state index contributed by atoms with van der Waals surface area (Å²) >= 11 is 0. The number of hydrogen-bond acceptors (Lipinski definition) is 4. The molecule has 0 fully saturated rings. The standard InChI is InChI=1S/C14H21NO5S/c1-4-11-5-6-12(9-13(11)14(16)17)21(18,19)15-10(2)7-8-20-3/h5-6,9-10,15H,4,7-8H2,1-3H3,(H,16,17). The maximum atomic E-state index is 12.2. The van der Waals surface area contributed by atoms with Crippen molar-refractivity contribution in [1.29, 1.82) is 0 Å². The van der Waals surface area contributed by atoms with Gasteiger partial charge in [-0.25, -0.2) is 17.9 Å². The second kappa shape index (κ2) is 7.53. The van der Waals surface area contributed by atoms with Gasteiger partial charge in [-0.1, -0.05) is 13.0 Å². The Hall–Kier alpha value is -1.44. The van der Waals surface area contributed by atoms with E-state index < -0.39 is 16.0 Å². The number of nitrogens with one attached hydrogen (secondary N) is 1. The molecule has 0 aromatic heterocycles. The lowest BCUT2D eigenvalue weighted by atomic mass is 10.1. The first-order valence-corrected chi connectivity index (χ1v) is 8.17. The summed E-state index contributed by atoms with van der Waals surface area (Å²) < 4.78 is 31.9. The number of carboxylic acid groups (broad SMARTS) is 1. The lowest BCUT2D eigenvalue weighted by molar-refractivity contribution is 0.0695. The molecular weight excluding hydrogens is 294 g/mol. The maximum absolute atomic E-state index is 12.2. The molecule has 0 heterocycles. The van der Waals surface area contributed by atoms with E-state index in [2.05, 4.69) is 4.72 Å². The van der Waals surface area contributed by atoms with Crippen molar-refractivity contribution in [1.82, 2.24) is 4.72 Å². The molecule has 0 radical (unpaired) electrons. The van der Waals surface area contributed by atoms with Gasteiger partial charge in [-0.15, -0.1) is 0 Å². The van der Waals surface area contributed by atoms with Crippen molar-refractivity contribution in [3.8, 4) is 0 Å². The quantitative estimate of drug-likeness (QED) is 0.761. The number of carbonyl (C=O) groups is 1. The van der Waals surface area contributed by atoms with E-state index in [1.165, 1.54) is 18.2 Å². The van der Waals surface area contributed by atoms with Gasteiger partial charge in [0.2, 0.25) is 10.0 Å². The number of rotatable bonds is 8. The summed E-state index contributed by atoms with van der Waals surface area (Å²) in [6.07, 6.45) is 1.06. The lowest BCUT2D eigenvalue weighted by Crippen LogP contribution is -2.33. The van der Waals surface area contributed by atoms with Gasteiger partial charge in [0.05, 0.1) is 10.5 Å². The topological polar surface area (TPSA) is 92.7 Å². The molecule has 0 aliphatic carbocycles. The zero-order chi connectivity index (χ0) is 16.0. The number of aromatic carboxylic acids is 1. The number of hydrogen-bond donors (Lipinski definition) is 2. The molecule has 1 rings (SSSR count). The Morgan fingerprint density at radius 1 is 1.43 bits per heavy atom. The Labute approximate surface area is 125 Å². The number of methoxy groups -OCH3 is 1. The van der Waals surface area contributed by atoms with E-state index in [9.17, 15) is 13.2 Å². The third-order valence-electron chi connectivity index (χ3n) is 3.11. The van der Waals surface area contributed by atoms with Crippen molar-refractivity contribution in [2.45, 2.75) is 37.6 Å². The Balaban J connectivity index is 3.03. The zero-order valence-electron chi connectivity index (χ0n) is 12.4. The fraction of sp³-hybridized carbons (Fsp3) is 0.500. The molecular formula is C14H21NO5S. The van der Waals surface area contributed by atoms with Gasteiger partial charge in [0.25, 0.3) is 0 Å². The molecule has 0 saturated heterocycles. The van der Waals surface area contributed by atoms with Crippen LogP contribution in [0.3, 0.4) is 0 Å². The lowest BCUT2D eigenvalue weighted by Gasteiger charge is -2.14. The summed E-state index contributed by atoms with van der Waals surface area (Å²) in [4.78, 5) is 11.2. The third-order valence-corrected chi connectivity index (χ3v) is 4.70. The number of benzene rings is 1. The van der Waals surface area contributed by atoms with Crippen LogP contribution in [0.2, 0.25) is 0 Å². The fourth-order valence-electron chi connectivity index (χ4n) is 1.92. The van der Waals surface area contributed by atoms with Crippen LogP contribution in [0.15, 0.2) is 23.1 Å². The van der Waals surface area contributed by atoms with Gasteiger partial charge in [-0.05, 0) is 37.5 Å². The molecule has 0 spiro atoms. The van der Waals surface area contributed by atoms with Gasteiger partial charge in [-0.2, -0.15) is 0 Å². The van der Waals surface area contributed by atoms with Crippen LogP contribution in [0.4, 0.5) is 0 Å². The van der Waals surface area contributed by atoms with Crippen molar-refractivity contribution in [3.63, 3.8) is 0 Å². The highest BCUT2D eigenvalue weighted by molar-refractivity contribution is 7.89. The van der Waals surface area contributed by atoms with Gasteiger partial charge in [0.1, 0.15) is 0 Å². The van der Waals surface area contributed by atoms with E-state index in [0.717, 1.165) is 0 Å². The Morgan fingerprint density at radius 3 is 2.62 bits per heavy atom. The normalized spacial score (nSPS) is 13.1. The van der Waals surface area contributed by atoms with E-state index in [4.69, 9.17) is 9.84 Å². The summed E-state index contributed by atoms with van der Waals surface area (Å²) in [5.41, 5.74) is 0.624. The molecule has 7 heteroatoms. The average molecular weight is 315 g/mol. The van der Waals surface area contributed by atoms with E-state index in [1.54, 1.807) is 14.0 Å². The predicted molar refractivity (Wildman–Crippen MR) is 79.1 cm³/mol. The van der Waals surface area contributed by atoms with Gasteiger partial charge >= 0.3 is 5.97 Å². The first kappa shape index (κ1) is 17.6. The number of carboxylic acids is 1. The molecule has 0 aliphatic heterocycles. The predicted octanol–water partition coefficient (Wildman–Crippen LogP) is 1.65. The second-order valence-corrected chi connectivity index (χ2v) is 6.50. The minimum Gasteiger partial charge on any atom is -0.478 e. The van der Waals surface area contributed by atoms with Crippen molar-refractivity contribution in [2.75, 3.05) is 13.7 Å². The minimum atomic E-state index is -3.74. The second-order valence-electron chi connectivity index (χ2n) is 4.78. The first-order valence-electron chi connectivity index (χ1n) is 6.69. The highest BCUT2D eigenvalue weighted by atomic mass is 32.2. The van der Waals surface area contributed by atoms with Gasteiger partial charge in [0, 0.05) is 19.8 Å². The van der Waals surface area contributed by atoms with Gasteiger partial charge in [0.15, 0.2) is 0 Å². The summed E-state index contributed by atoms with van der Waals surface area (Å²) in [6, 6.07) is 3.87. The number of aryl methyl sites for hydroxylation is 1. The maximum Gasteiger partial charge on any atom is 0.336 e. The minimum absolute atomic E-state index is 0.0184. The number of ether oxygens (including phenoxy) is 1. The zero-order valence-corrected chi connectivity index (χ0v) is 13.2. The van der Waals surface area contributed by atoms with E-state index in [1.807, 2.05) is 6.92 Å². The molecule has 0 saturated carbocycles. The van der Waals surface area contributed by atoms with Crippen LogP contribution in [0, 0.1) is 0 Å². The Morgan fingerprint density at radius 2 is 2.10 bits per heavy atom. The van der Waals surface area contributed by atoms with Crippen LogP contribution in [0.1, 0.15) is 36.2 Å². The molecule has 1 aromatic rings. The largest absolute Gasteiger partial charge is 0.478 e. The molecule has 1 aromatic carbocycles. The monoisotopic (exact) mass is 315 g/mol. The average Bonchev–Trinajstić information content (AvgIpc) is 2.43. The molecule has 118 valence electrons. The number of sulfonamides is 1. The summed E-state index contributed by atoms with van der Waals surface area (Å²) in [7, 11) is -2.19. The van der Waals surface area contributed by atoms with Crippen LogP contribution in [-0.4, -0.2) is 39.3 Å². The van der Waals surface area contributed by atoms with Crippen molar-refractivity contribution in [2.24, 2.45) is 0 Å². The van der Waals surface area contributed by atoms with E-state index in [0.29, 0.717) is 25.0 Å². The van der Waals surface area contributed by atoms with Crippen molar-refractivity contribution >= 4 is 16.0 Å². The third kappa shape index (κ3) is 4.80.